The summed E-state index contributed by atoms with van der Waals surface area (Å²) in [7, 11) is 0. The van der Waals surface area contributed by atoms with E-state index in [4.69, 9.17) is 9.47 Å². The molecule has 1 aromatic carbocycles. The minimum Gasteiger partial charge on any atom is -0.486 e. The van der Waals surface area contributed by atoms with E-state index in [1.54, 1.807) is 0 Å². The maximum atomic E-state index is 12.5. The van der Waals surface area contributed by atoms with Gasteiger partial charge in [-0.2, -0.15) is 0 Å². The molecule has 1 fully saturated rings. The zero-order valence-corrected chi connectivity index (χ0v) is 13.7. The molecular formula is C19H22N2O3. The Balaban J connectivity index is 1.32. The fourth-order valence-electron chi connectivity index (χ4n) is 3.51. The second-order valence-electron chi connectivity index (χ2n) is 6.44. The van der Waals surface area contributed by atoms with Gasteiger partial charge in [-0.25, -0.2) is 0 Å². The molecule has 1 unspecified atom stereocenters. The highest BCUT2D eigenvalue weighted by Gasteiger charge is 2.25. The number of benzene rings is 1. The van der Waals surface area contributed by atoms with Crippen LogP contribution in [0.25, 0.3) is 0 Å². The number of hydrogen-bond donors (Lipinski definition) is 1. The molecule has 5 nitrogen and oxygen atoms in total. The molecule has 1 atom stereocenters. The maximum absolute atomic E-state index is 12.5. The van der Waals surface area contributed by atoms with Crippen LogP contribution in [0, 0.1) is 0 Å². The summed E-state index contributed by atoms with van der Waals surface area (Å²) >= 11 is 0. The summed E-state index contributed by atoms with van der Waals surface area (Å²) in [6.07, 6.45) is 3.67. The van der Waals surface area contributed by atoms with Crippen molar-refractivity contribution in [1.29, 1.82) is 0 Å². The average molecular weight is 326 g/mol. The van der Waals surface area contributed by atoms with Crippen molar-refractivity contribution >= 4 is 5.78 Å². The van der Waals surface area contributed by atoms with Gasteiger partial charge in [-0.1, -0.05) is 0 Å². The van der Waals surface area contributed by atoms with Gasteiger partial charge in [0.15, 0.2) is 17.3 Å². The van der Waals surface area contributed by atoms with Crippen LogP contribution in [0.1, 0.15) is 34.8 Å². The van der Waals surface area contributed by atoms with Crippen LogP contribution >= 0.6 is 0 Å². The Kier molecular flexibility index (Phi) is 4.26. The highest BCUT2D eigenvalue weighted by atomic mass is 16.6. The second-order valence-corrected chi connectivity index (χ2v) is 6.44. The minimum absolute atomic E-state index is 0.162. The SMILES string of the molecule is O=C(CCN1CCC(c2ccc[nH]2)C1)c1ccc2c(c1)OCCO2. The van der Waals surface area contributed by atoms with Crippen molar-refractivity contribution in [1.82, 2.24) is 9.88 Å². The summed E-state index contributed by atoms with van der Waals surface area (Å²) in [6.45, 7) is 3.99. The van der Waals surface area contributed by atoms with Crippen LogP contribution in [0.15, 0.2) is 36.5 Å². The third-order valence-corrected chi connectivity index (χ3v) is 4.85. The van der Waals surface area contributed by atoms with E-state index >= 15 is 0 Å². The number of rotatable bonds is 5. The molecule has 0 saturated carbocycles. The lowest BCUT2D eigenvalue weighted by Gasteiger charge is -2.19. The van der Waals surface area contributed by atoms with Crippen molar-refractivity contribution in [2.45, 2.75) is 18.8 Å². The Morgan fingerprint density at radius 3 is 2.92 bits per heavy atom. The van der Waals surface area contributed by atoms with Crippen LogP contribution in [0.5, 0.6) is 11.5 Å². The number of nitrogens with one attached hydrogen (secondary N) is 1. The molecule has 4 rings (SSSR count). The summed E-state index contributed by atoms with van der Waals surface area (Å²) in [6, 6.07) is 9.67. The number of fused-ring (bicyclic) bond motifs is 1. The van der Waals surface area contributed by atoms with Crippen molar-refractivity contribution in [3.63, 3.8) is 0 Å². The van der Waals surface area contributed by atoms with E-state index in [0.717, 1.165) is 31.8 Å². The third kappa shape index (κ3) is 3.17. The van der Waals surface area contributed by atoms with E-state index in [1.165, 1.54) is 5.69 Å². The molecule has 1 saturated heterocycles. The zero-order chi connectivity index (χ0) is 16.4. The Morgan fingerprint density at radius 1 is 1.21 bits per heavy atom. The number of nitrogens with zero attached hydrogens (tertiary/aromatic N) is 1. The molecule has 24 heavy (non-hydrogen) atoms. The summed E-state index contributed by atoms with van der Waals surface area (Å²) in [5, 5.41) is 0. The normalized spacial score (nSPS) is 20.2. The van der Waals surface area contributed by atoms with Crippen molar-refractivity contribution in [2.75, 3.05) is 32.8 Å². The molecular weight excluding hydrogens is 304 g/mol. The fourth-order valence-corrected chi connectivity index (χ4v) is 3.51. The number of carbonyl (C=O) groups is 1. The lowest BCUT2D eigenvalue weighted by molar-refractivity contribution is 0.0967. The number of H-pyrrole nitrogens is 1. The topological polar surface area (TPSA) is 54.6 Å². The molecule has 0 spiro atoms. The first-order valence-corrected chi connectivity index (χ1v) is 8.58. The lowest BCUT2D eigenvalue weighted by atomic mass is 10.1. The van der Waals surface area contributed by atoms with Gasteiger partial charge in [0.25, 0.3) is 0 Å². The molecule has 2 aromatic rings. The standard InChI is InChI=1S/C19H22N2O3/c22-17(14-3-4-18-19(12-14)24-11-10-23-18)6-9-21-8-5-15(13-21)16-2-1-7-20-16/h1-4,7,12,15,20H,5-6,8-11,13H2. The first-order chi connectivity index (χ1) is 11.8. The predicted molar refractivity (Wildman–Crippen MR) is 91.0 cm³/mol. The zero-order valence-electron chi connectivity index (χ0n) is 13.7. The summed E-state index contributed by atoms with van der Waals surface area (Å²) < 4.78 is 11.1. The Hall–Kier alpha value is -2.27. The Labute approximate surface area is 141 Å². The largest absolute Gasteiger partial charge is 0.486 e. The van der Waals surface area contributed by atoms with Crippen LogP contribution in [0.4, 0.5) is 0 Å². The van der Waals surface area contributed by atoms with Gasteiger partial charge in [0, 0.05) is 42.9 Å². The second kappa shape index (κ2) is 6.69. The van der Waals surface area contributed by atoms with E-state index < -0.39 is 0 Å². The van der Waals surface area contributed by atoms with E-state index in [9.17, 15) is 4.79 Å². The van der Waals surface area contributed by atoms with Gasteiger partial charge in [0.05, 0.1) is 0 Å². The number of hydrogen-bond acceptors (Lipinski definition) is 4. The summed E-state index contributed by atoms with van der Waals surface area (Å²) in [5.74, 6) is 2.13. The van der Waals surface area contributed by atoms with Crippen LogP contribution in [0.3, 0.4) is 0 Å². The van der Waals surface area contributed by atoms with Gasteiger partial charge in [-0.05, 0) is 43.3 Å². The van der Waals surface area contributed by atoms with Gasteiger partial charge in [0.2, 0.25) is 0 Å². The summed E-state index contributed by atoms with van der Waals surface area (Å²) in [4.78, 5) is 18.1. The maximum Gasteiger partial charge on any atom is 0.164 e. The molecule has 5 heteroatoms. The lowest BCUT2D eigenvalue weighted by Crippen LogP contribution is -2.24. The van der Waals surface area contributed by atoms with Crippen molar-refractivity contribution in [2.24, 2.45) is 0 Å². The number of ether oxygens (including phenoxy) is 2. The average Bonchev–Trinajstić information content (AvgIpc) is 3.30. The van der Waals surface area contributed by atoms with Crippen LogP contribution in [-0.4, -0.2) is 48.5 Å². The molecule has 1 N–H and O–H groups in total. The van der Waals surface area contributed by atoms with Crippen LogP contribution < -0.4 is 9.47 Å². The smallest absolute Gasteiger partial charge is 0.164 e. The van der Waals surface area contributed by atoms with Crippen LogP contribution in [0.2, 0.25) is 0 Å². The molecule has 0 bridgehead atoms. The predicted octanol–water partition coefficient (Wildman–Crippen LogP) is 2.85. The number of carbonyl (C=O) groups excluding carboxylic acids is 1. The van der Waals surface area contributed by atoms with Gasteiger partial charge in [-0.15, -0.1) is 0 Å². The van der Waals surface area contributed by atoms with Gasteiger partial charge in [0.1, 0.15) is 13.2 Å². The molecule has 3 heterocycles. The van der Waals surface area contributed by atoms with Crippen LogP contribution in [-0.2, 0) is 0 Å². The minimum atomic E-state index is 0.162. The van der Waals surface area contributed by atoms with Crippen molar-refractivity contribution in [3.8, 4) is 11.5 Å². The monoisotopic (exact) mass is 326 g/mol. The van der Waals surface area contributed by atoms with E-state index in [1.807, 2.05) is 30.5 Å². The molecule has 0 aliphatic carbocycles. The summed E-state index contributed by atoms with van der Waals surface area (Å²) in [5.41, 5.74) is 2.01. The van der Waals surface area contributed by atoms with E-state index in [0.29, 0.717) is 36.9 Å². The molecule has 1 aromatic heterocycles. The fraction of sp³-hybridized carbons (Fsp3) is 0.421. The van der Waals surface area contributed by atoms with E-state index in [2.05, 4.69) is 16.0 Å². The first kappa shape index (κ1) is 15.3. The number of aromatic amines is 1. The Morgan fingerprint density at radius 2 is 2.08 bits per heavy atom. The molecule has 2 aliphatic heterocycles. The van der Waals surface area contributed by atoms with E-state index in [-0.39, 0.29) is 5.78 Å². The van der Waals surface area contributed by atoms with Crippen molar-refractivity contribution in [3.05, 3.63) is 47.8 Å². The quantitative estimate of drug-likeness (QED) is 0.859. The third-order valence-electron chi connectivity index (χ3n) is 4.85. The number of ketones is 1. The number of likely N-dealkylation sites (tertiary alicyclic amines) is 1. The number of Topliss-reactive ketones (excluding diaryl/α,β-unsaturated/α-hetero) is 1. The Bertz CT molecular complexity index is 711. The number of aromatic nitrogens is 1. The molecule has 2 aliphatic rings. The highest BCUT2D eigenvalue weighted by molar-refractivity contribution is 5.96. The molecule has 0 radical (unpaired) electrons. The van der Waals surface area contributed by atoms with Crippen molar-refractivity contribution < 1.29 is 14.3 Å². The highest BCUT2D eigenvalue weighted by Crippen LogP contribution is 2.31. The van der Waals surface area contributed by atoms with Gasteiger partial charge in [-0.3, -0.25) is 4.79 Å². The van der Waals surface area contributed by atoms with Gasteiger partial charge < -0.3 is 19.4 Å². The first-order valence-electron chi connectivity index (χ1n) is 8.58. The molecule has 126 valence electrons. The van der Waals surface area contributed by atoms with Gasteiger partial charge >= 0.3 is 0 Å². The molecule has 0 amide bonds.